The number of carboxylic acids is 1. The van der Waals surface area contributed by atoms with E-state index in [0.717, 1.165) is 21.8 Å². The fraction of sp³-hybridized carbons (Fsp3) is 0.333. The predicted molar refractivity (Wildman–Crippen MR) is 118 cm³/mol. The Kier molecular flexibility index (Phi) is 7.35. The van der Waals surface area contributed by atoms with Gasteiger partial charge >= 0.3 is 5.97 Å². The van der Waals surface area contributed by atoms with Crippen LogP contribution in [0.15, 0.2) is 48.5 Å². The molecule has 3 aromatic rings. The van der Waals surface area contributed by atoms with Gasteiger partial charge in [0, 0.05) is 21.8 Å². The lowest BCUT2D eigenvalue weighted by Gasteiger charge is -2.26. The number of para-hydroxylation sites is 2. The average molecular weight is 440 g/mol. The number of ketones is 1. The van der Waals surface area contributed by atoms with Crippen molar-refractivity contribution in [1.29, 1.82) is 0 Å². The lowest BCUT2D eigenvalue weighted by molar-refractivity contribution is -0.141. The Labute approximate surface area is 184 Å². The van der Waals surface area contributed by atoms with Crippen LogP contribution in [-0.4, -0.2) is 46.3 Å². The molecule has 3 atom stereocenters. The van der Waals surface area contributed by atoms with Crippen molar-refractivity contribution in [3.05, 3.63) is 48.5 Å². The van der Waals surface area contributed by atoms with E-state index in [1.165, 1.54) is 0 Å². The van der Waals surface area contributed by atoms with E-state index in [0.29, 0.717) is 19.1 Å². The molecule has 8 heteroatoms. The number of amides is 1. The molecule has 1 amide bonds. The van der Waals surface area contributed by atoms with Crippen molar-refractivity contribution in [2.24, 2.45) is 5.92 Å². The molecule has 0 unspecified atom stereocenters. The number of hydrogen-bond donors (Lipinski definition) is 2. The smallest absolute Gasteiger partial charge is 0.305 e. The summed E-state index contributed by atoms with van der Waals surface area (Å²) in [6.45, 7) is 0.468. The SMILES string of the molecule is CCC[C@H](C(=O)N[C@@H](CC(=O)O)C(=O)CF)[C@H](C=O)n1c2ccccc2c2ccccc21. The topological polar surface area (TPSA) is 105 Å². The number of fused-ring (bicyclic) bond motifs is 3. The number of Topliss-reactive ketones (excluding diaryl/α,β-unsaturated/α-hetero) is 1. The summed E-state index contributed by atoms with van der Waals surface area (Å²) < 4.78 is 14.7. The minimum atomic E-state index is -1.49. The van der Waals surface area contributed by atoms with Crippen molar-refractivity contribution in [1.82, 2.24) is 9.88 Å². The average Bonchev–Trinajstić information content (AvgIpc) is 3.12. The third-order valence-corrected chi connectivity index (χ3v) is 5.62. The Morgan fingerprint density at radius 3 is 2.09 bits per heavy atom. The third-order valence-electron chi connectivity index (χ3n) is 5.62. The number of benzene rings is 2. The number of carbonyl (C=O) groups is 4. The van der Waals surface area contributed by atoms with Crippen LogP contribution in [0.5, 0.6) is 0 Å². The van der Waals surface area contributed by atoms with Crippen LogP contribution in [0.1, 0.15) is 32.2 Å². The van der Waals surface area contributed by atoms with Crippen LogP contribution in [0.3, 0.4) is 0 Å². The Balaban J connectivity index is 2.06. The first-order chi connectivity index (χ1) is 15.4. The van der Waals surface area contributed by atoms with E-state index >= 15 is 0 Å². The molecule has 2 N–H and O–H groups in total. The molecule has 0 saturated heterocycles. The zero-order valence-corrected chi connectivity index (χ0v) is 17.7. The summed E-state index contributed by atoms with van der Waals surface area (Å²) in [7, 11) is 0. The number of aldehydes is 1. The zero-order valence-electron chi connectivity index (χ0n) is 17.7. The first kappa shape index (κ1) is 23.1. The number of rotatable bonds is 11. The lowest BCUT2D eigenvalue weighted by Crippen LogP contribution is -2.47. The molecule has 0 bridgehead atoms. The van der Waals surface area contributed by atoms with Gasteiger partial charge in [-0.25, -0.2) is 4.39 Å². The molecule has 0 saturated carbocycles. The van der Waals surface area contributed by atoms with E-state index in [1.54, 1.807) is 4.57 Å². The number of nitrogens with one attached hydrogen (secondary N) is 1. The molecular weight excluding hydrogens is 415 g/mol. The second-order valence-corrected chi connectivity index (χ2v) is 7.69. The molecule has 0 spiro atoms. The molecule has 0 aliphatic carbocycles. The standard InChI is InChI=1S/C24H25FN2O5/c1-2-7-17(24(32)26-18(12-23(30)31)22(29)13-25)21(14-28)27-19-10-5-3-8-15(19)16-9-4-6-11-20(16)27/h3-6,8-11,14,17-18,21H,2,7,12-13H2,1H3,(H,26,32)(H,30,31)/t17-,18-,21-/m0/s1. The van der Waals surface area contributed by atoms with Crippen molar-refractivity contribution < 1.29 is 28.7 Å². The molecule has 0 fully saturated rings. The highest BCUT2D eigenvalue weighted by Gasteiger charge is 2.34. The fourth-order valence-electron chi connectivity index (χ4n) is 4.17. The van der Waals surface area contributed by atoms with Crippen molar-refractivity contribution in [3.63, 3.8) is 0 Å². The van der Waals surface area contributed by atoms with Crippen molar-refractivity contribution in [3.8, 4) is 0 Å². The summed E-state index contributed by atoms with van der Waals surface area (Å²) in [4.78, 5) is 48.4. The third kappa shape index (κ3) is 4.54. The minimum absolute atomic E-state index is 0.319. The van der Waals surface area contributed by atoms with Gasteiger partial charge in [-0.1, -0.05) is 49.7 Å². The Morgan fingerprint density at radius 2 is 1.62 bits per heavy atom. The molecule has 168 valence electrons. The van der Waals surface area contributed by atoms with Crippen LogP contribution < -0.4 is 5.32 Å². The summed E-state index contributed by atoms with van der Waals surface area (Å²) in [5, 5.41) is 13.3. The first-order valence-electron chi connectivity index (χ1n) is 10.5. The van der Waals surface area contributed by atoms with Crippen LogP contribution in [-0.2, 0) is 19.2 Å². The van der Waals surface area contributed by atoms with Gasteiger partial charge in [-0.2, -0.15) is 0 Å². The molecule has 32 heavy (non-hydrogen) atoms. The second-order valence-electron chi connectivity index (χ2n) is 7.69. The van der Waals surface area contributed by atoms with Crippen molar-refractivity contribution >= 4 is 45.8 Å². The van der Waals surface area contributed by atoms with Gasteiger partial charge in [0.2, 0.25) is 5.91 Å². The van der Waals surface area contributed by atoms with Crippen molar-refractivity contribution in [2.45, 2.75) is 38.3 Å². The van der Waals surface area contributed by atoms with Gasteiger partial charge in [0.1, 0.15) is 25.0 Å². The number of carbonyl (C=O) groups excluding carboxylic acids is 3. The van der Waals surface area contributed by atoms with Crippen LogP contribution in [0, 0.1) is 5.92 Å². The number of halogens is 1. The Bertz CT molecular complexity index is 1100. The molecule has 1 heterocycles. The number of nitrogens with zero attached hydrogens (tertiary/aromatic N) is 1. The number of alkyl halides is 1. The maximum absolute atomic E-state index is 13.2. The highest BCUT2D eigenvalue weighted by atomic mass is 19.1. The van der Waals surface area contributed by atoms with Gasteiger partial charge in [0.25, 0.3) is 0 Å². The molecule has 0 aliphatic heterocycles. The van der Waals surface area contributed by atoms with Gasteiger partial charge < -0.3 is 19.8 Å². The normalized spacial score (nSPS) is 14.1. The van der Waals surface area contributed by atoms with Gasteiger partial charge in [0.15, 0.2) is 5.78 Å². The van der Waals surface area contributed by atoms with E-state index in [2.05, 4.69) is 5.32 Å². The van der Waals surface area contributed by atoms with Crippen LogP contribution in [0.25, 0.3) is 21.8 Å². The summed E-state index contributed by atoms with van der Waals surface area (Å²) in [5.41, 5.74) is 1.56. The number of aliphatic carboxylic acids is 1. The minimum Gasteiger partial charge on any atom is -0.481 e. The second kappa shape index (κ2) is 10.2. The van der Waals surface area contributed by atoms with Crippen LogP contribution in [0.4, 0.5) is 4.39 Å². The lowest BCUT2D eigenvalue weighted by atomic mass is 9.93. The quantitative estimate of drug-likeness (QED) is 0.444. The van der Waals surface area contributed by atoms with E-state index in [-0.39, 0.29) is 0 Å². The van der Waals surface area contributed by atoms with Gasteiger partial charge in [-0.3, -0.25) is 14.4 Å². The summed E-state index contributed by atoms with van der Waals surface area (Å²) in [6, 6.07) is 12.7. The molecule has 0 aliphatic rings. The highest BCUT2D eigenvalue weighted by molar-refractivity contribution is 6.08. The molecule has 2 aromatic carbocycles. The summed E-state index contributed by atoms with van der Waals surface area (Å²) >= 11 is 0. The maximum atomic E-state index is 13.2. The maximum Gasteiger partial charge on any atom is 0.305 e. The largest absolute Gasteiger partial charge is 0.481 e. The molecule has 1 aromatic heterocycles. The van der Waals surface area contributed by atoms with E-state index in [4.69, 9.17) is 5.11 Å². The number of carboxylic acid groups (broad SMARTS) is 1. The molecule has 7 nitrogen and oxygen atoms in total. The predicted octanol–water partition coefficient (Wildman–Crippen LogP) is 3.45. The Morgan fingerprint density at radius 1 is 1.06 bits per heavy atom. The van der Waals surface area contributed by atoms with Crippen molar-refractivity contribution in [2.75, 3.05) is 6.67 Å². The van der Waals surface area contributed by atoms with Gasteiger partial charge in [-0.15, -0.1) is 0 Å². The summed E-state index contributed by atoms with van der Waals surface area (Å²) in [6.07, 6.45) is 0.857. The molecular formula is C24H25FN2O5. The molecule has 0 radical (unpaired) electrons. The van der Waals surface area contributed by atoms with E-state index < -0.39 is 48.8 Å². The van der Waals surface area contributed by atoms with Gasteiger partial charge in [-0.05, 0) is 18.6 Å². The first-order valence-corrected chi connectivity index (χ1v) is 10.5. The number of hydrogen-bond acceptors (Lipinski definition) is 4. The van der Waals surface area contributed by atoms with Gasteiger partial charge in [0.05, 0.1) is 12.3 Å². The Hall–Kier alpha value is -3.55. The summed E-state index contributed by atoms with van der Waals surface area (Å²) in [5.74, 6) is -3.88. The number of aromatic nitrogens is 1. The van der Waals surface area contributed by atoms with E-state index in [9.17, 15) is 23.6 Å². The molecule has 3 rings (SSSR count). The highest BCUT2D eigenvalue weighted by Crippen LogP contribution is 2.34. The zero-order chi connectivity index (χ0) is 23.3. The van der Waals surface area contributed by atoms with Crippen LogP contribution in [0.2, 0.25) is 0 Å². The fourth-order valence-corrected chi connectivity index (χ4v) is 4.17. The van der Waals surface area contributed by atoms with E-state index in [1.807, 2.05) is 55.5 Å². The monoisotopic (exact) mass is 440 g/mol. The van der Waals surface area contributed by atoms with Crippen LogP contribution >= 0.6 is 0 Å².